The molecular formula is C9H15NO2. The normalized spacial score (nSPS) is 8.33. The van der Waals surface area contributed by atoms with Gasteiger partial charge in [0.05, 0.1) is 6.26 Å². The van der Waals surface area contributed by atoms with Crippen molar-refractivity contribution in [1.82, 2.24) is 4.90 Å². The maximum absolute atomic E-state index is 11.0. The van der Waals surface area contributed by atoms with Crippen molar-refractivity contribution in [2.45, 2.75) is 13.8 Å². The average molecular weight is 169 g/mol. The minimum absolute atomic E-state index is 0.106. The van der Waals surface area contributed by atoms with Crippen molar-refractivity contribution < 1.29 is 9.21 Å². The van der Waals surface area contributed by atoms with Gasteiger partial charge < -0.3 is 9.32 Å². The first-order valence-electron chi connectivity index (χ1n) is 3.97. The van der Waals surface area contributed by atoms with Gasteiger partial charge in [0.25, 0.3) is 5.91 Å². The van der Waals surface area contributed by atoms with E-state index >= 15 is 0 Å². The molecule has 1 aromatic heterocycles. The van der Waals surface area contributed by atoms with Crippen LogP contribution in [0.5, 0.6) is 0 Å². The first-order chi connectivity index (χ1) is 5.72. The number of nitrogens with zero attached hydrogens (tertiary/aromatic N) is 1. The molecule has 12 heavy (non-hydrogen) atoms. The zero-order valence-corrected chi connectivity index (χ0v) is 8.00. The summed E-state index contributed by atoms with van der Waals surface area (Å²) in [7, 11) is 3.37. The Bertz CT molecular complexity index is 214. The third-order valence-electron chi connectivity index (χ3n) is 1.14. The van der Waals surface area contributed by atoms with E-state index in [0.29, 0.717) is 5.76 Å². The number of hydrogen-bond donors (Lipinski definition) is 0. The van der Waals surface area contributed by atoms with E-state index in [9.17, 15) is 4.79 Å². The van der Waals surface area contributed by atoms with E-state index in [1.54, 1.807) is 26.2 Å². The molecule has 3 nitrogen and oxygen atoms in total. The highest BCUT2D eigenvalue weighted by molar-refractivity contribution is 5.90. The highest BCUT2D eigenvalue weighted by Gasteiger charge is 2.08. The Labute approximate surface area is 73.0 Å². The minimum atomic E-state index is -0.106. The van der Waals surface area contributed by atoms with Crippen molar-refractivity contribution >= 4 is 5.91 Å². The van der Waals surface area contributed by atoms with Gasteiger partial charge in [-0.1, -0.05) is 13.8 Å². The molecule has 0 fully saturated rings. The van der Waals surface area contributed by atoms with Gasteiger partial charge in [-0.25, -0.2) is 0 Å². The third kappa shape index (κ3) is 2.78. The molecule has 3 heteroatoms. The molecule has 0 spiro atoms. The van der Waals surface area contributed by atoms with E-state index in [4.69, 9.17) is 4.42 Å². The Hall–Kier alpha value is -1.25. The quantitative estimate of drug-likeness (QED) is 0.644. The van der Waals surface area contributed by atoms with Gasteiger partial charge in [-0.15, -0.1) is 0 Å². The summed E-state index contributed by atoms with van der Waals surface area (Å²) in [5, 5.41) is 0. The largest absolute Gasteiger partial charge is 0.459 e. The van der Waals surface area contributed by atoms with Crippen LogP contribution >= 0.6 is 0 Å². The Kier molecular flexibility index (Phi) is 4.84. The van der Waals surface area contributed by atoms with Crippen molar-refractivity contribution in [2.24, 2.45) is 0 Å². The molecule has 0 bridgehead atoms. The zero-order chi connectivity index (χ0) is 9.56. The highest BCUT2D eigenvalue weighted by atomic mass is 16.3. The molecule has 0 radical (unpaired) electrons. The van der Waals surface area contributed by atoms with Gasteiger partial charge in [0.1, 0.15) is 0 Å². The molecular weight excluding hydrogens is 154 g/mol. The lowest BCUT2D eigenvalue weighted by Gasteiger charge is -2.05. The second-order valence-corrected chi connectivity index (χ2v) is 2.18. The van der Waals surface area contributed by atoms with Crippen LogP contribution in [0.15, 0.2) is 22.8 Å². The fraction of sp³-hybridized carbons (Fsp3) is 0.444. The van der Waals surface area contributed by atoms with Gasteiger partial charge in [0.2, 0.25) is 0 Å². The number of hydrogen-bond acceptors (Lipinski definition) is 2. The molecule has 0 aliphatic carbocycles. The molecule has 0 aliphatic rings. The Balaban J connectivity index is 0.000000561. The fourth-order valence-corrected chi connectivity index (χ4v) is 0.621. The van der Waals surface area contributed by atoms with Crippen LogP contribution in [0.1, 0.15) is 24.4 Å². The second kappa shape index (κ2) is 5.41. The highest BCUT2D eigenvalue weighted by Crippen LogP contribution is 2.01. The molecule has 1 heterocycles. The van der Waals surface area contributed by atoms with Crippen molar-refractivity contribution in [3.63, 3.8) is 0 Å². The summed E-state index contributed by atoms with van der Waals surface area (Å²) in [5.41, 5.74) is 0. The molecule has 0 unspecified atom stereocenters. The van der Waals surface area contributed by atoms with Crippen molar-refractivity contribution in [3.8, 4) is 0 Å². The summed E-state index contributed by atoms with van der Waals surface area (Å²) in [6.07, 6.45) is 1.48. The summed E-state index contributed by atoms with van der Waals surface area (Å²) in [6, 6.07) is 3.33. The molecule has 0 N–H and O–H groups in total. The van der Waals surface area contributed by atoms with Crippen LogP contribution in [0.4, 0.5) is 0 Å². The maximum Gasteiger partial charge on any atom is 0.289 e. The van der Waals surface area contributed by atoms with Gasteiger partial charge in [-0.3, -0.25) is 4.79 Å². The van der Waals surface area contributed by atoms with E-state index < -0.39 is 0 Å². The van der Waals surface area contributed by atoms with E-state index in [0.717, 1.165) is 0 Å². The molecule has 68 valence electrons. The van der Waals surface area contributed by atoms with Gasteiger partial charge >= 0.3 is 0 Å². The molecule has 1 amide bonds. The summed E-state index contributed by atoms with van der Waals surface area (Å²) < 4.78 is 4.87. The number of rotatable bonds is 1. The van der Waals surface area contributed by atoms with E-state index in [1.165, 1.54) is 11.2 Å². The molecule has 0 saturated carbocycles. The first-order valence-corrected chi connectivity index (χ1v) is 3.97. The third-order valence-corrected chi connectivity index (χ3v) is 1.14. The van der Waals surface area contributed by atoms with Crippen LogP contribution < -0.4 is 0 Å². The van der Waals surface area contributed by atoms with Crippen LogP contribution in [-0.4, -0.2) is 24.9 Å². The molecule has 0 aliphatic heterocycles. The Morgan fingerprint density at radius 1 is 1.42 bits per heavy atom. The van der Waals surface area contributed by atoms with Crippen molar-refractivity contribution in [2.75, 3.05) is 14.1 Å². The van der Waals surface area contributed by atoms with E-state index in [1.807, 2.05) is 13.8 Å². The molecule has 0 atom stereocenters. The summed E-state index contributed by atoms with van der Waals surface area (Å²) in [5.74, 6) is 0.273. The van der Waals surface area contributed by atoms with E-state index in [2.05, 4.69) is 0 Å². The topological polar surface area (TPSA) is 33.5 Å². The lowest BCUT2D eigenvalue weighted by molar-refractivity contribution is 0.0797. The van der Waals surface area contributed by atoms with Crippen LogP contribution in [0.2, 0.25) is 0 Å². The Morgan fingerprint density at radius 2 is 2.00 bits per heavy atom. The smallest absolute Gasteiger partial charge is 0.289 e. The molecule has 0 saturated heterocycles. The van der Waals surface area contributed by atoms with Gasteiger partial charge in [-0.2, -0.15) is 0 Å². The Morgan fingerprint density at radius 3 is 2.33 bits per heavy atom. The second-order valence-electron chi connectivity index (χ2n) is 2.18. The SMILES string of the molecule is CC.CN(C)C(=O)c1ccco1. The lowest BCUT2D eigenvalue weighted by Crippen LogP contribution is -2.20. The predicted octanol–water partition coefficient (Wildman–Crippen LogP) is 2.01. The molecule has 1 rings (SSSR count). The van der Waals surface area contributed by atoms with Crippen LogP contribution in [0.25, 0.3) is 0 Å². The zero-order valence-electron chi connectivity index (χ0n) is 8.00. The minimum Gasteiger partial charge on any atom is -0.459 e. The standard InChI is InChI=1S/C7H9NO2.C2H6/c1-8(2)7(9)6-4-3-5-10-6;1-2/h3-5H,1-2H3;1-2H3. The van der Waals surface area contributed by atoms with Crippen LogP contribution in [0.3, 0.4) is 0 Å². The number of carbonyl (C=O) groups excluding carboxylic acids is 1. The maximum atomic E-state index is 11.0. The molecule has 0 aromatic carbocycles. The first kappa shape index (κ1) is 10.8. The van der Waals surface area contributed by atoms with Crippen molar-refractivity contribution in [3.05, 3.63) is 24.2 Å². The lowest BCUT2D eigenvalue weighted by atomic mass is 10.4. The summed E-state index contributed by atoms with van der Waals surface area (Å²) in [4.78, 5) is 12.5. The van der Waals surface area contributed by atoms with Crippen LogP contribution in [-0.2, 0) is 0 Å². The number of amides is 1. The van der Waals surface area contributed by atoms with E-state index in [-0.39, 0.29) is 5.91 Å². The monoisotopic (exact) mass is 169 g/mol. The van der Waals surface area contributed by atoms with Gasteiger partial charge in [0, 0.05) is 14.1 Å². The number of furan rings is 1. The van der Waals surface area contributed by atoms with Gasteiger partial charge in [0.15, 0.2) is 5.76 Å². The summed E-state index contributed by atoms with van der Waals surface area (Å²) in [6.45, 7) is 4.00. The van der Waals surface area contributed by atoms with Crippen molar-refractivity contribution in [1.29, 1.82) is 0 Å². The summed E-state index contributed by atoms with van der Waals surface area (Å²) >= 11 is 0. The fourth-order valence-electron chi connectivity index (χ4n) is 0.621. The average Bonchev–Trinajstić information content (AvgIpc) is 2.58. The molecule has 1 aromatic rings. The predicted molar refractivity (Wildman–Crippen MR) is 48.1 cm³/mol. The van der Waals surface area contributed by atoms with Crippen LogP contribution in [0, 0.1) is 0 Å². The van der Waals surface area contributed by atoms with Gasteiger partial charge in [-0.05, 0) is 12.1 Å². The number of carbonyl (C=O) groups is 1.